The Labute approximate surface area is 512 Å². The Balaban J connectivity index is 1.27. The first-order valence-electron chi connectivity index (χ1n) is 35.4. The average molecular weight is 1180 g/mol. The minimum absolute atomic E-state index is 0.889. The molecule has 0 heterocycles. The van der Waals surface area contributed by atoms with Crippen LogP contribution in [0.5, 0.6) is 0 Å². The first-order valence-corrected chi connectivity index (χ1v) is 41.3. The van der Waals surface area contributed by atoms with Crippen LogP contribution in [0.15, 0.2) is 29.4 Å². The second kappa shape index (κ2) is 39.2. The van der Waals surface area contributed by atoms with E-state index in [1.54, 1.807) is 0 Å². The SMILES string of the molecule is CCCC[C@H]1CC[C@H](CSc2c(SC[C@H]3CC[C@H](CCCC)CC3)c(SC[C@H]3CC[C@H](CCCC)CC3)c(SC[C@H]3CC[C@H](CCCC)CC3)c(SC[C@H]3CC[C@H](CCCC)CC3)c2SC[C@H]2CC[C@H](CCCC)CC2)CC1. The molecule has 6 aliphatic rings. The summed E-state index contributed by atoms with van der Waals surface area (Å²) in [5.74, 6) is 19.5. The highest BCUT2D eigenvalue weighted by Gasteiger charge is 2.34. The highest BCUT2D eigenvalue weighted by atomic mass is 32.2. The molecule has 0 atom stereocenters. The van der Waals surface area contributed by atoms with E-state index < -0.39 is 0 Å². The van der Waals surface area contributed by atoms with Crippen LogP contribution in [-0.2, 0) is 0 Å². The molecule has 0 N–H and O–H groups in total. The van der Waals surface area contributed by atoms with Gasteiger partial charge in [-0.05, 0) is 148 Å². The molecule has 0 radical (unpaired) electrons. The lowest BCUT2D eigenvalue weighted by molar-refractivity contribution is 0.275. The lowest BCUT2D eigenvalue weighted by Gasteiger charge is -2.33. The molecule has 0 nitrogen and oxygen atoms in total. The highest BCUT2D eigenvalue weighted by molar-refractivity contribution is 8.06. The van der Waals surface area contributed by atoms with Crippen molar-refractivity contribution in [2.75, 3.05) is 34.5 Å². The van der Waals surface area contributed by atoms with Crippen LogP contribution in [0.1, 0.15) is 311 Å². The van der Waals surface area contributed by atoms with E-state index in [9.17, 15) is 0 Å². The standard InChI is InChI=1S/C72H126S6/c1-7-13-19-55-25-37-61(38-26-55)49-73-67-68(74-50-62-39-27-56(28-40-62)20-14-8-2)70(76-52-64-43-31-58(32-44-64)22-16-10-4)72(78-54-66-47-35-60(36-48-66)24-18-12-6)71(77-53-65-45-33-59(34-46-65)23-17-11-5)69(67)75-51-63-41-29-57(30-42-63)21-15-9-3/h55-66H,7-54H2,1-6H3/t55-,56-,57-,58-,59-,60-,61-,62-,63-,64-,65-,66-. The Morgan fingerprint density at radius 3 is 0.423 bits per heavy atom. The van der Waals surface area contributed by atoms with Gasteiger partial charge in [-0.25, -0.2) is 0 Å². The average Bonchev–Trinajstić information content (AvgIpc) is 3.68. The summed E-state index contributed by atoms with van der Waals surface area (Å²) in [6, 6.07) is 0. The van der Waals surface area contributed by atoms with Gasteiger partial charge in [0.1, 0.15) is 0 Å². The van der Waals surface area contributed by atoms with Crippen molar-refractivity contribution in [1.29, 1.82) is 0 Å². The first-order chi connectivity index (χ1) is 38.4. The van der Waals surface area contributed by atoms with Gasteiger partial charge in [0, 0.05) is 63.9 Å². The summed E-state index contributed by atoms with van der Waals surface area (Å²) in [7, 11) is 0. The highest BCUT2D eigenvalue weighted by Crippen LogP contribution is 2.57. The minimum atomic E-state index is 0.889. The zero-order valence-electron chi connectivity index (χ0n) is 52.3. The van der Waals surface area contributed by atoms with Crippen LogP contribution in [0, 0.1) is 71.0 Å². The van der Waals surface area contributed by atoms with Crippen molar-refractivity contribution in [1.82, 2.24) is 0 Å². The normalized spacial score (nSPS) is 30.2. The third kappa shape index (κ3) is 23.2. The molecule has 0 amide bonds. The number of benzene rings is 1. The Morgan fingerprint density at radius 2 is 0.308 bits per heavy atom. The van der Waals surface area contributed by atoms with Crippen molar-refractivity contribution < 1.29 is 0 Å². The van der Waals surface area contributed by atoms with Gasteiger partial charge in [-0.2, -0.15) is 0 Å². The Bertz CT molecular complexity index is 1340. The number of thioether (sulfide) groups is 6. The van der Waals surface area contributed by atoms with Crippen molar-refractivity contribution in [2.45, 2.75) is 341 Å². The van der Waals surface area contributed by atoms with Gasteiger partial charge in [0.05, 0.1) is 0 Å². The Hall–Kier alpha value is 1.32. The zero-order chi connectivity index (χ0) is 54.6. The summed E-state index contributed by atoms with van der Waals surface area (Å²) in [6.45, 7) is 14.4. The van der Waals surface area contributed by atoms with Gasteiger partial charge in [0.2, 0.25) is 0 Å². The quantitative estimate of drug-likeness (QED) is 0.0610. The largest absolute Gasteiger partial charge is 0.123 e. The van der Waals surface area contributed by atoms with E-state index in [1.807, 2.05) is 29.4 Å². The third-order valence-electron chi connectivity index (χ3n) is 21.6. The molecule has 0 aliphatic heterocycles. The molecular weight excluding hydrogens is 1060 g/mol. The molecule has 450 valence electrons. The van der Waals surface area contributed by atoms with Gasteiger partial charge in [0.15, 0.2) is 0 Å². The molecule has 6 heteroatoms. The fraction of sp³-hybridized carbons (Fsp3) is 0.917. The number of unbranched alkanes of at least 4 members (excludes halogenated alkanes) is 6. The molecule has 1 aromatic carbocycles. The molecule has 6 aliphatic carbocycles. The van der Waals surface area contributed by atoms with Crippen LogP contribution >= 0.6 is 70.6 Å². The maximum absolute atomic E-state index is 2.44. The van der Waals surface area contributed by atoms with Crippen molar-refractivity contribution in [3.8, 4) is 0 Å². The van der Waals surface area contributed by atoms with E-state index in [2.05, 4.69) is 112 Å². The van der Waals surface area contributed by atoms with Crippen LogP contribution in [-0.4, -0.2) is 34.5 Å². The van der Waals surface area contributed by atoms with Crippen LogP contribution in [0.2, 0.25) is 0 Å². The summed E-state index contributed by atoms with van der Waals surface area (Å²) < 4.78 is 0. The molecule has 0 unspecified atom stereocenters. The van der Waals surface area contributed by atoms with Crippen molar-refractivity contribution in [3.05, 3.63) is 0 Å². The molecule has 0 bridgehead atoms. The van der Waals surface area contributed by atoms with Gasteiger partial charge in [-0.15, -0.1) is 70.6 Å². The van der Waals surface area contributed by atoms with Gasteiger partial charge in [-0.3, -0.25) is 0 Å². The van der Waals surface area contributed by atoms with E-state index in [0.29, 0.717) is 0 Å². The first kappa shape index (κ1) is 66.8. The second-order valence-corrected chi connectivity index (χ2v) is 34.2. The van der Waals surface area contributed by atoms with Crippen LogP contribution in [0.4, 0.5) is 0 Å². The van der Waals surface area contributed by atoms with E-state index in [1.165, 1.54) is 304 Å². The predicted molar refractivity (Wildman–Crippen MR) is 361 cm³/mol. The predicted octanol–water partition coefficient (Wildman–Crippen LogP) is 26.2. The van der Waals surface area contributed by atoms with Crippen molar-refractivity contribution >= 4 is 70.6 Å². The van der Waals surface area contributed by atoms with E-state index in [-0.39, 0.29) is 0 Å². The van der Waals surface area contributed by atoms with E-state index in [0.717, 1.165) is 71.0 Å². The number of rotatable bonds is 36. The van der Waals surface area contributed by atoms with Gasteiger partial charge in [0.25, 0.3) is 0 Å². The maximum Gasteiger partial charge on any atom is 0.0368 e. The van der Waals surface area contributed by atoms with Gasteiger partial charge >= 0.3 is 0 Å². The third-order valence-corrected chi connectivity index (χ3v) is 30.4. The Kier molecular flexibility index (Phi) is 33.6. The molecule has 0 spiro atoms. The van der Waals surface area contributed by atoms with Crippen LogP contribution in [0.25, 0.3) is 0 Å². The maximum atomic E-state index is 2.44. The molecule has 7 rings (SSSR count). The van der Waals surface area contributed by atoms with Crippen molar-refractivity contribution in [3.63, 3.8) is 0 Å². The smallest absolute Gasteiger partial charge is 0.0368 e. The fourth-order valence-corrected chi connectivity index (χ4v) is 25.4. The van der Waals surface area contributed by atoms with E-state index in [4.69, 9.17) is 0 Å². The zero-order valence-corrected chi connectivity index (χ0v) is 57.2. The topological polar surface area (TPSA) is 0 Å². The van der Waals surface area contributed by atoms with E-state index >= 15 is 0 Å². The second-order valence-electron chi connectivity index (χ2n) is 28.0. The summed E-state index contributed by atoms with van der Waals surface area (Å²) in [5, 5.41) is 0. The molecule has 1 aromatic rings. The number of hydrogen-bond acceptors (Lipinski definition) is 6. The summed E-state index contributed by atoms with van der Waals surface area (Å²) in [4.78, 5) is 10.9. The molecule has 0 aromatic heterocycles. The monoisotopic (exact) mass is 1180 g/mol. The van der Waals surface area contributed by atoms with Crippen LogP contribution in [0.3, 0.4) is 0 Å². The molecular formula is C72H126S6. The van der Waals surface area contributed by atoms with Gasteiger partial charge in [-0.1, -0.05) is 234 Å². The fourth-order valence-electron chi connectivity index (χ4n) is 15.7. The lowest BCUT2D eigenvalue weighted by atomic mass is 9.80. The number of hydrogen-bond donors (Lipinski definition) is 0. The summed E-state index contributed by atoms with van der Waals surface area (Å²) >= 11 is 14.7. The van der Waals surface area contributed by atoms with Crippen LogP contribution < -0.4 is 0 Å². The summed E-state index contributed by atoms with van der Waals surface area (Å²) in [5.41, 5.74) is 0. The summed E-state index contributed by atoms with van der Waals surface area (Å²) in [6.07, 6.45) is 61.5. The molecule has 6 saturated carbocycles. The van der Waals surface area contributed by atoms with Gasteiger partial charge < -0.3 is 0 Å². The molecule has 0 saturated heterocycles. The molecule has 6 fully saturated rings. The molecule has 78 heavy (non-hydrogen) atoms. The lowest BCUT2D eigenvalue weighted by Crippen LogP contribution is -2.18. The van der Waals surface area contributed by atoms with Crippen molar-refractivity contribution in [2.24, 2.45) is 71.0 Å². The minimum Gasteiger partial charge on any atom is -0.123 e. The Morgan fingerprint density at radius 1 is 0.192 bits per heavy atom.